The lowest BCUT2D eigenvalue weighted by molar-refractivity contribution is 0.0931. The first kappa shape index (κ1) is 18.7. The topological polar surface area (TPSA) is 68.5 Å². The Kier molecular flexibility index (Phi) is 5.23. The van der Waals surface area contributed by atoms with Gasteiger partial charge in [0.05, 0.1) is 30.2 Å². The number of hydrogen-bond acceptors (Lipinski definition) is 4. The first-order chi connectivity index (χ1) is 14.2. The highest BCUT2D eigenvalue weighted by atomic mass is 16.5. The Morgan fingerprint density at radius 3 is 2.86 bits per heavy atom. The quantitative estimate of drug-likeness (QED) is 0.543. The van der Waals surface area contributed by atoms with Gasteiger partial charge < -0.3 is 10.1 Å². The lowest BCUT2D eigenvalue weighted by atomic mass is 9.98. The molecule has 0 saturated carbocycles. The molecule has 0 spiro atoms. The minimum absolute atomic E-state index is 0.240. The van der Waals surface area contributed by atoms with Crippen molar-refractivity contribution in [2.24, 2.45) is 4.99 Å². The highest BCUT2D eigenvalue weighted by Gasteiger charge is 2.24. The average Bonchev–Trinajstić information content (AvgIpc) is 3.11. The second-order valence-corrected chi connectivity index (χ2v) is 6.57. The molecule has 0 atom stereocenters. The van der Waals surface area contributed by atoms with E-state index in [1.807, 2.05) is 53.1 Å². The SMILES string of the molecule is C#Cc1ccc2c(c1)C(c1ccccc1)=NCc1c(C(=O)NCCOC)ncn1-2. The molecule has 0 bridgehead atoms. The zero-order valence-electron chi connectivity index (χ0n) is 16.1. The van der Waals surface area contributed by atoms with Crippen LogP contribution in [-0.4, -0.2) is 41.4 Å². The van der Waals surface area contributed by atoms with Crippen LogP contribution in [0.2, 0.25) is 0 Å². The summed E-state index contributed by atoms with van der Waals surface area (Å²) < 4.78 is 6.91. The number of aliphatic imine (C=N–C) groups is 1. The van der Waals surface area contributed by atoms with Gasteiger partial charge in [0.15, 0.2) is 5.69 Å². The van der Waals surface area contributed by atoms with Gasteiger partial charge in [-0.3, -0.25) is 14.4 Å². The van der Waals surface area contributed by atoms with E-state index in [9.17, 15) is 4.79 Å². The number of carbonyl (C=O) groups excluding carboxylic acids is 1. The van der Waals surface area contributed by atoms with Crippen LogP contribution in [0.4, 0.5) is 0 Å². The number of methoxy groups -OCH3 is 1. The zero-order chi connectivity index (χ0) is 20.2. The van der Waals surface area contributed by atoms with Crippen molar-refractivity contribution >= 4 is 11.6 Å². The molecule has 6 heteroatoms. The minimum atomic E-state index is -0.240. The number of nitrogens with zero attached hydrogens (tertiary/aromatic N) is 3. The third kappa shape index (κ3) is 3.56. The molecule has 1 aliphatic rings. The molecule has 0 aliphatic carbocycles. The van der Waals surface area contributed by atoms with Gasteiger partial charge in [-0.25, -0.2) is 4.98 Å². The van der Waals surface area contributed by atoms with Crippen LogP contribution in [0.25, 0.3) is 5.69 Å². The Morgan fingerprint density at radius 1 is 1.28 bits per heavy atom. The van der Waals surface area contributed by atoms with Crippen molar-refractivity contribution in [3.8, 4) is 18.0 Å². The normalized spacial score (nSPS) is 12.2. The summed E-state index contributed by atoms with van der Waals surface area (Å²) >= 11 is 0. The van der Waals surface area contributed by atoms with Crippen molar-refractivity contribution in [1.29, 1.82) is 0 Å². The van der Waals surface area contributed by atoms with E-state index < -0.39 is 0 Å². The number of terminal acetylenes is 1. The molecule has 6 nitrogen and oxygen atoms in total. The number of nitrogens with one attached hydrogen (secondary N) is 1. The molecule has 4 rings (SSSR count). The van der Waals surface area contributed by atoms with Crippen molar-refractivity contribution < 1.29 is 9.53 Å². The number of hydrogen-bond donors (Lipinski definition) is 1. The average molecular weight is 384 g/mol. The largest absolute Gasteiger partial charge is 0.383 e. The third-order valence-electron chi connectivity index (χ3n) is 4.79. The number of amides is 1. The highest BCUT2D eigenvalue weighted by molar-refractivity contribution is 6.15. The Hall–Kier alpha value is -3.69. The highest BCUT2D eigenvalue weighted by Crippen LogP contribution is 2.27. The van der Waals surface area contributed by atoms with Gasteiger partial charge in [0.25, 0.3) is 5.91 Å². The fourth-order valence-electron chi connectivity index (χ4n) is 3.38. The van der Waals surface area contributed by atoms with E-state index in [4.69, 9.17) is 16.2 Å². The molecule has 29 heavy (non-hydrogen) atoms. The second-order valence-electron chi connectivity index (χ2n) is 6.57. The van der Waals surface area contributed by atoms with Gasteiger partial charge in [-0.05, 0) is 18.2 Å². The van der Waals surface area contributed by atoms with Crippen LogP contribution in [0.5, 0.6) is 0 Å². The Labute approximate surface area is 169 Å². The van der Waals surface area contributed by atoms with Crippen LogP contribution >= 0.6 is 0 Å². The van der Waals surface area contributed by atoms with E-state index in [0.29, 0.717) is 25.4 Å². The molecule has 0 fully saturated rings. The molecule has 144 valence electrons. The summed E-state index contributed by atoms with van der Waals surface area (Å²) in [6.07, 6.45) is 7.30. The van der Waals surface area contributed by atoms with Gasteiger partial charge in [0.2, 0.25) is 0 Å². The second kappa shape index (κ2) is 8.13. The Balaban J connectivity index is 1.83. The number of carbonyl (C=O) groups is 1. The molecule has 1 amide bonds. The first-order valence-corrected chi connectivity index (χ1v) is 9.27. The molecule has 2 heterocycles. The number of rotatable bonds is 5. The molecular formula is C23H20N4O2. The molecule has 1 aromatic heterocycles. The molecule has 0 unspecified atom stereocenters. The van der Waals surface area contributed by atoms with E-state index in [0.717, 1.165) is 33.8 Å². The predicted molar refractivity (Wildman–Crippen MR) is 111 cm³/mol. The summed E-state index contributed by atoms with van der Waals surface area (Å²) in [7, 11) is 1.59. The first-order valence-electron chi connectivity index (χ1n) is 9.27. The lowest BCUT2D eigenvalue weighted by Gasteiger charge is -2.12. The van der Waals surface area contributed by atoms with Crippen LogP contribution in [0.15, 0.2) is 59.9 Å². The Morgan fingerprint density at radius 2 is 2.10 bits per heavy atom. The molecule has 0 saturated heterocycles. The molecule has 3 aromatic rings. The Bertz CT molecular complexity index is 1120. The number of benzene rings is 2. The van der Waals surface area contributed by atoms with Gasteiger partial charge in [-0.1, -0.05) is 36.3 Å². The van der Waals surface area contributed by atoms with Gasteiger partial charge >= 0.3 is 0 Å². The molecule has 2 aromatic carbocycles. The van der Waals surface area contributed by atoms with Crippen LogP contribution < -0.4 is 5.32 Å². The lowest BCUT2D eigenvalue weighted by Crippen LogP contribution is -2.28. The van der Waals surface area contributed by atoms with Crippen molar-refractivity contribution in [2.45, 2.75) is 6.54 Å². The smallest absolute Gasteiger partial charge is 0.271 e. The monoisotopic (exact) mass is 384 g/mol. The maximum absolute atomic E-state index is 12.6. The van der Waals surface area contributed by atoms with Crippen LogP contribution in [-0.2, 0) is 11.3 Å². The van der Waals surface area contributed by atoms with Crippen LogP contribution in [0.3, 0.4) is 0 Å². The zero-order valence-corrected chi connectivity index (χ0v) is 16.1. The fraction of sp³-hybridized carbons (Fsp3) is 0.174. The van der Waals surface area contributed by atoms with Gasteiger partial charge in [0.1, 0.15) is 6.33 Å². The van der Waals surface area contributed by atoms with Crippen LogP contribution in [0, 0.1) is 12.3 Å². The standard InChI is InChI=1S/C23H20N4O2/c1-3-16-9-10-19-18(13-16)21(17-7-5-4-6-8-17)25-14-20-22(26-15-27(19)20)23(28)24-11-12-29-2/h1,4-10,13,15H,11-12,14H2,2H3,(H,24,28). The van der Waals surface area contributed by atoms with E-state index in [1.165, 1.54) is 0 Å². The van der Waals surface area contributed by atoms with Gasteiger partial charge in [-0.2, -0.15) is 0 Å². The van der Waals surface area contributed by atoms with E-state index >= 15 is 0 Å². The van der Waals surface area contributed by atoms with E-state index in [1.54, 1.807) is 13.4 Å². The van der Waals surface area contributed by atoms with E-state index in [-0.39, 0.29) is 5.91 Å². The molecular weight excluding hydrogens is 364 g/mol. The van der Waals surface area contributed by atoms with Crippen molar-refractivity contribution in [3.63, 3.8) is 0 Å². The number of ether oxygens (including phenoxy) is 1. The predicted octanol–water partition coefficient (Wildman–Crippen LogP) is 2.58. The third-order valence-corrected chi connectivity index (χ3v) is 4.79. The summed E-state index contributed by atoms with van der Waals surface area (Å²) in [6, 6.07) is 15.7. The maximum Gasteiger partial charge on any atom is 0.271 e. The van der Waals surface area contributed by atoms with Crippen LogP contribution in [0.1, 0.15) is 32.9 Å². The van der Waals surface area contributed by atoms with Crippen molar-refractivity contribution in [2.75, 3.05) is 20.3 Å². The number of aromatic nitrogens is 2. The van der Waals surface area contributed by atoms with Gasteiger partial charge in [0, 0.05) is 30.3 Å². The maximum atomic E-state index is 12.6. The molecule has 1 N–H and O–H groups in total. The van der Waals surface area contributed by atoms with Gasteiger partial charge in [-0.15, -0.1) is 6.42 Å². The van der Waals surface area contributed by atoms with Crippen molar-refractivity contribution in [3.05, 3.63) is 82.9 Å². The molecule has 1 aliphatic heterocycles. The fourth-order valence-corrected chi connectivity index (χ4v) is 3.38. The number of imidazole rings is 1. The molecule has 0 radical (unpaired) electrons. The number of fused-ring (bicyclic) bond motifs is 3. The summed E-state index contributed by atoms with van der Waals surface area (Å²) in [5, 5.41) is 2.83. The summed E-state index contributed by atoms with van der Waals surface area (Å²) in [5.41, 5.74) is 5.51. The van der Waals surface area contributed by atoms with E-state index in [2.05, 4.69) is 16.2 Å². The summed E-state index contributed by atoms with van der Waals surface area (Å²) in [6.45, 7) is 1.19. The minimum Gasteiger partial charge on any atom is -0.383 e. The summed E-state index contributed by atoms with van der Waals surface area (Å²) in [4.78, 5) is 21.8. The summed E-state index contributed by atoms with van der Waals surface area (Å²) in [5.74, 6) is 2.45. The van der Waals surface area contributed by atoms with Crippen molar-refractivity contribution in [1.82, 2.24) is 14.9 Å².